The molecule has 1 saturated heterocycles. The third-order valence-electron chi connectivity index (χ3n) is 5.87. The lowest BCUT2D eigenvalue weighted by molar-refractivity contribution is -0.922. The molecule has 0 spiro atoms. The standard InChI is InChI=1S/C25H27F3N2O4S.2ClH/c26-25(27,28)18-4-5-20-21(14-18)29-7-6-24(20)35-13-3-1-2-10-33-23-17-34-19(15-22(23)31)16-30-8-11-32-12-9-30;;/h4-7,14-15,17H,1-3,8-13,16H2;2*1H. The molecule has 6 nitrogen and oxygen atoms in total. The maximum atomic E-state index is 12.9. The molecule has 1 aliphatic rings. The fourth-order valence-electron chi connectivity index (χ4n) is 3.94. The number of thioether (sulfide) groups is 1. The van der Waals surface area contributed by atoms with Crippen LogP contribution in [0.2, 0.25) is 0 Å². The molecule has 1 fully saturated rings. The number of fused-ring (bicyclic) bond motifs is 1. The van der Waals surface area contributed by atoms with Gasteiger partial charge in [0.15, 0.2) is 12.0 Å². The highest BCUT2D eigenvalue weighted by Gasteiger charge is 2.31. The van der Waals surface area contributed by atoms with E-state index in [2.05, 4.69) is 4.98 Å². The second kappa shape index (κ2) is 14.8. The number of morpholine rings is 1. The average molecular weight is 581 g/mol. The zero-order valence-electron chi connectivity index (χ0n) is 20.0. The van der Waals surface area contributed by atoms with Gasteiger partial charge in [-0.2, -0.15) is 13.2 Å². The summed E-state index contributed by atoms with van der Waals surface area (Å²) in [5.74, 6) is 1.71. The van der Waals surface area contributed by atoms with Crippen LogP contribution in [0, 0.1) is 0 Å². The van der Waals surface area contributed by atoms with Gasteiger partial charge in [-0.3, -0.25) is 4.79 Å². The van der Waals surface area contributed by atoms with Crippen molar-refractivity contribution in [1.82, 2.24) is 0 Å². The minimum atomic E-state index is -4.36. The summed E-state index contributed by atoms with van der Waals surface area (Å²) in [7, 11) is 0. The third-order valence-corrected chi connectivity index (χ3v) is 7.03. The summed E-state index contributed by atoms with van der Waals surface area (Å²) < 4.78 is 55.4. The van der Waals surface area contributed by atoms with Crippen LogP contribution in [0.15, 0.2) is 56.9 Å². The predicted molar refractivity (Wildman–Crippen MR) is 126 cm³/mol. The van der Waals surface area contributed by atoms with E-state index in [9.17, 15) is 18.0 Å². The Kier molecular flexibility index (Phi) is 12.5. The fraction of sp³-hybridized carbons (Fsp3) is 0.440. The fourth-order valence-corrected chi connectivity index (χ4v) is 5.01. The zero-order valence-corrected chi connectivity index (χ0v) is 22.4. The number of benzene rings is 1. The lowest BCUT2D eigenvalue weighted by Gasteiger charge is -2.22. The van der Waals surface area contributed by atoms with Crippen molar-refractivity contribution in [2.45, 2.75) is 36.9 Å². The van der Waals surface area contributed by atoms with Crippen LogP contribution in [-0.2, 0) is 17.5 Å². The van der Waals surface area contributed by atoms with Gasteiger partial charge < -0.3 is 43.6 Å². The molecule has 0 radical (unpaired) electrons. The minimum absolute atomic E-state index is 0. The molecular weight excluding hydrogens is 552 g/mol. The number of hydrogen-bond acceptors (Lipinski definition) is 5. The molecule has 12 heteroatoms. The van der Waals surface area contributed by atoms with Gasteiger partial charge in [0.25, 0.3) is 0 Å². The Balaban J connectivity index is 0.00000241. The molecule has 0 atom stereocenters. The highest BCUT2D eigenvalue weighted by atomic mass is 35.5. The van der Waals surface area contributed by atoms with Gasteiger partial charge >= 0.3 is 6.18 Å². The van der Waals surface area contributed by atoms with E-state index in [0.717, 1.165) is 73.7 Å². The Morgan fingerprint density at radius 3 is 2.57 bits per heavy atom. The first-order valence-corrected chi connectivity index (χ1v) is 12.7. The summed E-state index contributed by atoms with van der Waals surface area (Å²) in [5, 5.41) is 0.777. The average Bonchev–Trinajstić information content (AvgIpc) is 2.84. The summed E-state index contributed by atoms with van der Waals surface area (Å²) in [6, 6.07) is 7.17. The molecule has 0 saturated carbocycles. The van der Waals surface area contributed by atoms with Gasteiger partial charge in [0.2, 0.25) is 16.7 Å². The van der Waals surface area contributed by atoms with Gasteiger partial charge in [-0.05, 0) is 37.1 Å². The molecule has 4 rings (SSSR count). The van der Waals surface area contributed by atoms with Crippen LogP contribution in [0.3, 0.4) is 0 Å². The maximum Gasteiger partial charge on any atom is 0.416 e. The number of ether oxygens (including phenoxy) is 2. The largest absolute Gasteiger partial charge is 1.00 e. The van der Waals surface area contributed by atoms with Gasteiger partial charge in [-0.15, -0.1) is 11.8 Å². The van der Waals surface area contributed by atoms with Crippen LogP contribution in [0.1, 0.15) is 30.6 Å². The Labute approximate surface area is 229 Å². The first kappa shape index (κ1) is 31.2. The number of hydrogen-bond donors (Lipinski definition) is 1. The SMILES string of the molecule is O=c1cc(C[NH+]2CCOCC2)occ1OCCCCCSc1cc[nH+]c2cc(C(F)(F)F)ccc12.[Cl-].[Cl-]. The Morgan fingerprint density at radius 1 is 1.05 bits per heavy atom. The van der Waals surface area contributed by atoms with Crippen molar-refractivity contribution in [2.75, 3.05) is 38.7 Å². The number of quaternary nitrogens is 1. The predicted octanol–water partition coefficient (Wildman–Crippen LogP) is -2.61. The van der Waals surface area contributed by atoms with Gasteiger partial charge in [-0.1, -0.05) is 0 Å². The molecule has 0 aliphatic carbocycles. The summed E-state index contributed by atoms with van der Waals surface area (Å²) >= 11 is 1.62. The molecule has 0 unspecified atom stereocenters. The maximum absolute atomic E-state index is 12.9. The Hall–Kier alpha value is -1.98. The molecule has 3 aromatic rings. The van der Waals surface area contributed by atoms with E-state index in [4.69, 9.17) is 13.9 Å². The highest BCUT2D eigenvalue weighted by Crippen LogP contribution is 2.33. The molecule has 2 aromatic heterocycles. The Morgan fingerprint density at radius 2 is 1.84 bits per heavy atom. The van der Waals surface area contributed by atoms with Crippen molar-refractivity contribution in [2.24, 2.45) is 0 Å². The van der Waals surface area contributed by atoms with Crippen molar-refractivity contribution in [3.8, 4) is 5.75 Å². The van der Waals surface area contributed by atoms with Crippen molar-refractivity contribution in [3.63, 3.8) is 0 Å². The number of rotatable bonds is 10. The number of pyridine rings is 1. The van der Waals surface area contributed by atoms with Crippen molar-refractivity contribution < 1.29 is 61.8 Å². The van der Waals surface area contributed by atoms with Crippen LogP contribution in [0.25, 0.3) is 10.9 Å². The molecule has 0 bridgehead atoms. The van der Waals surface area contributed by atoms with E-state index < -0.39 is 11.7 Å². The summed E-state index contributed by atoms with van der Waals surface area (Å²) in [6.45, 7) is 4.34. The normalized spacial score (nSPS) is 14.1. The molecule has 204 valence electrons. The van der Waals surface area contributed by atoms with Gasteiger partial charge in [0, 0.05) is 23.1 Å². The first-order chi connectivity index (χ1) is 16.9. The van der Waals surface area contributed by atoms with Crippen molar-refractivity contribution >= 4 is 22.7 Å². The van der Waals surface area contributed by atoms with Gasteiger partial charge in [0.05, 0.1) is 30.8 Å². The Bertz CT molecular complexity index is 1190. The van der Waals surface area contributed by atoms with E-state index in [1.54, 1.807) is 18.0 Å². The van der Waals surface area contributed by atoms with E-state index >= 15 is 0 Å². The topological polar surface area (TPSA) is 67.2 Å². The van der Waals surface area contributed by atoms with Crippen LogP contribution in [-0.4, -0.2) is 38.7 Å². The van der Waals surface area contributed by atoms with E-state index in [1.165, 1.54) is 23.3 Å². The van der Waals surface area contributed by atoms with E-state index in [0.29, 0.717) is 24.4 Å². The van der Waals surface area contributed by atoms with Gasteiger partial charge in [0.1, 0.15) is 25.9 Å². The number of H-pyrrole nitrogens is 1. The summed E-state index contributed by atoms with van der Waals surface area (Å²) in [4.78, 5) is 17.5. The number of aromatic amines is 1. The summed E-state index contributed by atoms with van der Waals surface area (Å²) in [6.07, 6.45) is 1.32. The smallest absolute Gasteiger partial charge is 0.416 e. The second-order valence-corrected chi connectivity index (χ2v) is 9.61. The zero-order chi connectivity index (χ0) is 24.7. The van der Waals surface area contributed by atoms with Crippen LogP contribution < -0.4 is 44.9 Å². The van der Waals surface area contributed by atoms with Crippen molar-refractivity contribution in [1.29, 1.82) is 0 Å². The highest BCUT2D eigenvalue weighted by molar-refractivity contribution is 7.99. The molecular formula is C25H29Cl2F3N2O4S. The van der Waals surface area contributed by atoms with Crippen LogP contribution in [0.5, 0.6) is 5.75 Å². The molecule has 37 heavy (non-hydrogen) atoms. The molecule has 0 amide bonds. The number of halogens is 5. The van der Waals surface area contributed by atoms with E-state index in [-0.39, 0.29) is 36.0 Å². The third kappa shape index (κ3) is 9.07. The lowest BCUT2D eigenvalue weighted by atomic mass is 10.1. The molecule has 1 aromatic carbocycles. The minimum Gasteiger partial charge on any atom is -1.00 e. The number of aromatic nitrogens is 1. The number of alkyl halides is 3. The van der Waals surface area contributed by atoms with Crippen LogP contribution >= 0.6 is 11.8 Å². The monoisotopic (exact) mass is 580 g/mol. The molecule has 1 aliphatic heterocycles. The van der Waals surface area contributed by atoms with Gasteiger partial charge in [-0.25, -0.2) is 4.98 Å². The number of nitrogens with one attached hydrogen (secondary N) is 2. The van der Waals surface area contributed by atoms with Crippen molar-refractivity contribution in [3.05, 3.63) is 64.3 Å². The van der Waals surface area contributed by atoms with E-state index in [1.807, 2.05) is 6.07 Å². The second-order valence-electron chi connectivity index (χ2n) is 8.47. The number of unbranched alkanes of at least 4 members (excludes halogenated alkanes) is 2. The molecule has 3 heterocycles. The lowest BCUT2D eigenvalue weighted by Crippen LogP contribution is -3.12. The molecule has 2 N–H and O–H groups in total. The quantitative estimate of drug-likeness (QED) is 0.210. The first-order valence-electron chi connectivity index (χ1n) is 11.7. The summed E-state index contributed by atoms with van der Waals surface area (Å²) in [5.41, 5.74) is -0.365. The van der Waals surface area contributed by atoms with Crippen LogP contribution in [0.4, 0.5) is 13.2 Å².